The summed E-state index contributed by atoms with van der Waals surface area (Å²) in [5, 5.41) is 5.42. The molecular weight excluding hydrogens is 222 g/mol. The molecule has 0 unspecified atom stereocenters. The second-order valence-corrected chi connectivity index (χ2v) is 5.11. The van der Waals surface area contributed by atoms with Gasteiger partial charge < -0.3 is 14.8 Å². The molecule has 0 aliphatic heterocycles. The van der Waals surface area contributed by atoms with E-state index < -0.39 is 0 Å². The molecule has 1 aromatic heterocycles. The van der Waals surface area contributed by atoms with Crippen molar-refractivity contribution in [2.45, 2.75) is 19.4 Å². The van der Waals surface area contributed by atoms with E-state index in [0.717, 1.165) is 38.0 Å². The third kappa shape index (κ3) is 3.77. The first-order valence-corrected chi connectivity index (χ1v) is 6.67. The van der Waals surface area contributed by atoms with E-state index in [0.29, 0.717) is 0 Å². The Labute approximate surface area is 101 Å². The fraction of sp³-hybridized carbons (Fsp3) is 0.667. The summed E-state index contributed by atoms with van der Waals surface area (Å²) in [7, 11) is 1.71. The highest BCUT2D eigenvalue weighted by atomic mass is 32.1. The summed E-state index contributed by atoms with van der Waals surface area (Å²) >= 11 is 1.72. The molecule has 1 aromatic rings. The molecule has 1 fully saturated rings. The van der Waals surface area contributed by atoms with Gasteiger partial charge in [-0.25, -0.2) is 0 Å². The minimum absolute atomic E-state index is 0.810. The van der Waals surface area contributed by atoms with Crippen LogP contribution in [-0.2, 0) is 11.3 Å². The highest BCUT2D eigenvalue weighted by Crippen LogP contribution is 2.28. The average molecular weight is 241 g/mol. The number of rotatable bonds is 8. The van der Waals surface area contributed by atoms with Gasteiger partial charge in [0.15, 0.2) is 0 Å². The SMILES string of the molecule is COc1ccsc1CNCCOCC1CC1. The van der Waals surface area contributed by atoms with Crippen molar-refractivity contribution in [1.82, 2.24) is 5.32 Å². The van der Waals surface area contributed by atoms with Gasteiger partial charge in [-0.2, -0.15) is 0 Å². The molecule has 0 bridgehead atoms. The van der Waals surface area contributed by atoms with Crippen LogP contribution in [0, 0.1) is 5.92 Å². The van der Waals surface area contributed by atoms with Crippen LogP contribution in [0.4, 0.5) is 0 Å². The Morgan fingerprint density at radius 1 is 1.50 bits per heavy atom. The van der Waals surface area contributed by atoms with Gasteiger partial charge in [0.25, 0.3) is 0 Å². The lowest BCUT2D eigenvalue weighted by molar-refractivity contribution is 0.126. The molecule has 2 rings (SSSR count). The zero-order chi connectivity index (χ0) is 11.2. The maximum atomic E-state index is 5.54. The normalized spacial score (nSPS) is 15.3. The number of hydrogen-bond donors (Lipinski definition) is 1. The van der Waals surface area contributed by atoms with E-state index in [4.69, 9.17) is 9.47 Å². The molecule has 1 heterocycles. The van der Waals surface area contributed by atoms with Crippen molar-refractivity contribution in [2.75, 3.05) is 26.9 Å². The third-order valence-corrected chi connectivity index (χ3v) is 3.59. The molecule has 0 radical (unpaired) electrons. The smallest absolute Gasteiger partial charge is 0.134 e. The van der Waals surface area contributed by atoms with Crippen LogP contribution in [0.15, 0.2) is 11.4 Å². The molecule has 0 atom stereocenters. The minimum Gasteiger partial charge on any atom is -0.496 e. The second-order valence-electron chi connectivity index (χ2n) is 4.11. The minimum atomic E-state index is 0.810. The van der Waals surface area contributed by atoms with Crippen LogP contribution >= 0.6 is 11.3 Å². The van der Waals surface area contributed by atoms with Gasteiger partial charge >= 0.3 is 0 Å². The summed E-state index contributed by atoms with van der Waals surface area (Å²) < 4.78 is 10.8. The zero-order valence-electron chi connectivity index (χ0n) is 9.70. The molecule has 90 valence electrons. The Hall–Kier alpha value is -0.580. The van der Waals surface area contributed by atoms with Gasteiger partial charge in [0.05, 0.1) is 18.6 Å². The Morgan fingerprint density at radius 3 is 3.12 bits per heavy atom. The van der Waals surface area contributed by atoms with E-state index in [1.54, 1.807) is 18.4 Å². The quantitative estimate of drug-likeness (QED) is 0.708. The van der Waals surface area contributed by atoms with Gasteiger partial charge in [0.1, 0.15) is 5.75 Å². The molecule has 0 saturated heterocycles. The van der Waals surface area contributed by atoms with Gasteiger partial charge in [-0.1, -0.05) is 0 Å². The molecular formula is C12H19NO2S. The molecule has 1 saturated carbocycles. The summed E-state index contributed by atoms with van der Waals surface area (Å²) in [6.45, 7) is 3.54. The first kappa shape index (κ1) is 11.9. The molecule has 0 amide bonds. The van der Waals surface area contributed by atoms with Crippen molar-refractivity contribution in [3.63, 3.8) is 0 Å². The number of methoxy groups -OCH3 is 1. The average Bonchev–Trinajstić information content (AvgIpc) is 3.01. The van der Waals surface area contributed by atoms with Gasteiger partial charge in [0, 0.05) is 19.7 Å². The maximum Gasteiger partial charge on any atom is 0.134 e. The second kappa shape index (κ2) is 6.23. The van der Waals surface area contributed by atoms with Gasteiger partial charge in [-0.05, 0) is 30.2 Å². The van der Waals surface area contributed by atoms with Crippen molar-refractivity contribution in [2.24, 2.45) is 5.92 Å². The topological polar surface area (TPSA) is 30.5 Å². The van der Waals surface area contributed by atoms with Crippen LogP contribution < -0.4 is 10.1 Å². The first-order valence-electron chi connectivity index (χ1n) is 5.79. The van der Waals surface area contributed by atoms with Crippen LogP contribution in [0.2, 0.25) is 0 Å². The fourth-order valence-electron chi connectivity index (χ4n) is 1.52. The zero-order valence-corrected chi connectivity index (χ0v) is 10.5. The Balaban J connectivity index is 1.53. The van der Waals surface area contributed by atoms with Crippen LogP contribution in [-0.4, -0.2) is 26.9 Å². The molecule has 4 heteroatoms. The maximum absolute atomic E-state index is 5.54. The van der Waals surface area contributed by atoms with Crippen molar-refractivity contribution in [1.29, 1.82) is 0 Å². The van der Waals surface area contributed by atoms with E-state index in [-0.39, 0.29) is 0 Å². The Bertz CT molecular complexity index is 310. The van der Waals surface area contributed by atoms with E-state index in [1.807, 2.05) is 6.07 Å². The molecule has 1 aliphatic rings. The number of thiophene rings is 1. The molecule has 0 spiro atoms. The number of ether oxygens (including phenoxy) is 2. The highest BCUT2D eigenvalue weighted by Gasteiger charge is 2.20. The summed E-state index contributed by atoms with van der Waals surface area (Å²) in [6.07, 6.45) is 2.72. The van der Waals surface area contributed by atoms with Crippen LogP contribution in [0.25, 0.3) is 0 Å². The molecule has 1 aliphatic carbocycles. The molecule has 3 nitrogen and oxygen atoms in total. The third-order valence-electron chi connectivity index (χ3n) is 2.68. The summed E-state index contributed by atoms with van der Waals surface area (Å²) in [5.41, 5.74) is 0. The van der Waals surface area contributed by atoms with Gasteiger partial charge in [0.2, 0.25) is 0 Å². The van der Waals surface area contributed by atoms with E-state index in [1.165, 1.54) is 17.7 Å². The lowest BCUT2D eigenvalue weighted by atomic mass is 10.4. The van der Waals surface area contributed by atoms with Crippen molar-refractivity contribution in [3.05, 3.63) is 16.3 Å². The van der Waals surface area contributed by atoms with Gasteiger partial charge in [-0.3, -0.25) is 0 Å². The van der Waals surface area contributed by atoms with Gasteiger partial charge in [-0.15, -0.1) is 11.3 Å². The monoisotopic (exact) mass is 241 g/mol. The number of nitrogens with one attached hydrogen (secondary N) is 1. The van der Waals surface area contributed by atoms with Crippen LogP contribution in [0.3, 0.4) is 0 Å². The van der Waals surface area contributed by atoms with E-state index in [2.05, 4.69) is 10.7 Å². The predicted molar refractivity (Wildman–Crippen MR) is 66.1 cm³/mol. The summed E-state index contributed by atoms with van der Waals surface area (Å²) in [6, 6.07) is 2.01. The number of hydrogen-bond acceptors (Lipinski definition) is 4. The van der Waals surface area contributed by atoms with Crippen molar-refractivity contribution >= 4 is 11.3 Å². The first-order chi connectivity index (χ1) is 7.90. The Kier molecular flexibility index (Phi) is 4.63. The summed E-state index contributed by atoms with van der Waals surface area (Å²) in [5.74, 6) is 1.84. The lowest BCUT2D eigenvalue weighted by Crippen LogP contribution is -2.19. The van der Waals surface area contributed by atoms with E-state index in [9.17, 15) is 0 Å². The predicted octanol–water partition coefficient (Wildman–Crippen LogP) is 2.27. The molecule has 1 N–H and O–H groups in total. The van der Waals surface area contributed by atoms with Crippen LogP contribution in [0.5, 0.6) is 5.75 Å². The lowest BCUT2D eigenvalue weighted by Gasteiger charge is -2.06. The standard InChI is InChI=1S/C12H19NO2S/c1-14-11-4-7-16-12(11)8-13-5-6-15-9-10-2-3-10/h4,7,10,13H,2-3,5-6,8-9H2,1H3. The molecule has 0 aromatic carbocycles. The molecule has 16 heavy (non-hydrogen) atoms. The Morgan fingerprint density at radius 2 is 2.38 bits per heavy atom. The largest absolute Gasteiger partial charge is 0.496 e. The van der Waals surface area contributed by atoms with Crippen LogP contribution in [0.1, 0.15) is 17.7 Å². The highest BCUT2D eigenvalue weighted by molar-refractivity contribution is 7.10. The van der Waals surface area contributed by atoms with Crippen molar-refractivity contribution in [3.8, 4) is 5.75 Å². The summed E-state index contributed by atoms with van der Waals surface area (Å²) in [4.78, 5) is 1.25. The van der Waals surface area contributed by atoms with Crippen molar-refractivity contribution < 1.29 is 9.47 Å². The van der Waals surface area contributed by atoms with E-state index >= 15 is 0 Å². The fourth-order valence-corrected chi connectivity index (χ4v) is 2.33.